The predicted octanol–water partition coefficient (Wildman–Crippen LogP) is 2.67. The van der Waals surface area contributed by atoms with Crippen LogP contribution in [0.4, 0.5) is 0 Å². The Balaban J connectivity index is 3.71. The van der Waals surface area contributed by atoms with Crippen LogP contribution in [-0.4, -0.2) is 8.42 Å². The summed E-state index contributed by atoms with van der Waals surface area (Å²) in [6.07, 6.45) is 0. The maximum absolute atomic E-state index is 11.3. The number of rotatable bonds is 2. The van der Waals surface area contributed by atoms with E-state index in [2.05, 4.69) is 28.6 Å². The Morgan fingerprint density at radius 3 is 2.53 bits per heavy atom. The molecule has 15 heavy (non-hydrogen) atoms. The van der Waals surface area contributed by atoms with Crippen LogP contribution in [0.2, 0.25) is 0 Å². The van der Waals surface area contributed by atoms with Gasteiger partial charge in [-0.15, -0.1) is 12.6 Å². The molecule has 1 aromatic rings. The highest BCUT2D eigenvalue weighted by molar-refractivity contribution is 9.08. The van der Waals surface area contributed by atoms with Crippen LogP contribution in [0.1, 0.15) is 11.1 Å². The standard InChI is InChI=1S/C8H5BrClNO2S2/c9-3-6-5(4-11)1-2-7(14)8(6)15(10,12)13/h1-2,14H,3H2. The Labute approximate surface area is 106 Å². The maximum atomic E-state index is 11.3. The molecule has 7 heteroatoms. The molecule has 0 saturated carbocycles. The molecule has 0 spiro atoms. The van der Waals surface area contributed by atoms with Crippen LogP contribution in [-0.2, 0) is 14.4 Å². The van der Waals surface area contributed by atoms with Gasteiger partial charge in [-0.05, 0) is 12.1 Å². The zero-order chi connectivity index (χ0) is 11.6. The summed E-state index contributed by atoms with van der Waals surface area (Å²) in [5.74, 6) is 0. The summed E-state index contributed by atoms with van der Waals surface area (Å²) in [4.78, 5) is 0.127. The van der Waals surface area contributed by atoms with E-state index >= 15 is 0 Å². The first-order valence-corrected chi connectivity index (χ1v) is 7.55. The van der Waals surface area contributed by atoms with E-state index in [1.54, 1.807) is 0 Å². The number of hydrogen-bond acceptors (Lipinski definition) is 4. The van der Waals surface area contributed by atoms with Gasteiger partial charge in [-0.25, -0.2) is 8.42 Å². The van der Waals surface area contributed by atoms with Crippen molar-refractivity contribution in [1.82, 2.24) is 0 Å². The number of halogens is 2. The molecule has 1 rings (SSSR count). The third-order valence-corrected chi connectivity index (χ3v) is 4.24. The molecule has 0 aliphatic carbocycles. The van der Waals surface area contributed by atoms with Gasteiger partial charge in [0.05, 0.1) is 11.6 Å². The molecule has 0 unspecified atom stereocenters. The van der Waals surface area contributed by atoms with Crippen molar-refractivity contribution in [2.24, 2.45) is 0 Å². The highest BCUT2D eigenvalue weighted by Crippen LogP contribution is 2.30. The lowest BCUT2D eigenvalue weighted by Gasteiger charge is -2.08. The smallest absolute Gasteiger partial charge is 0.207 e. The normalized spacial score (nSPS) is 11.1. The van der Waals surface area contributed by atoms with Gasteiger partial charge in [-0.1, -0.05) is 15.9 Å². The summed E-state index contributed by atoms with van der Waals surface area (Å²) in [5, 5.41) is 9.02. The number of nitrogens with zero attached hydrogens (tertiary/aromatic N) is 1. The molecule has 0 fully saturated rings. The zero-order valence-electron chi connectivity index (χ0n) is 7.24. The Morgan fingerprint density at radius 2 is 2.13 bits per heavy atom. The summed E-state index contributed by atoms with van der Waals surface area (Å²) >= 11 is 7.13. The van der Waals surface area contributed by atoms with Crippen LogP contribution in [0, 0.1) is 11.3 Å². The molecule has 0 heterocycles. The lowest BCUT2D eigenvalue weighted by Crippen LogP contribution is -2.01. The highest BCUT2D eigenvalue weighted by atomic mass is 79.9. The molecule has 1 aromatic carbocycles. The number of benzene rings is 1. The van der Waals surface area contributed by atoms with Crippen molar-refractivity contribution in [3.05, 3.63) is 23.3 Å². The minimum atomic E-state index is -3.89. The molecular weight excluding hydrogens is 322 g/mol. The van der Waals surface area contributed by atoms with E-state index in [-0.39, 0.29) is 20.7 Å². The second-order valence-corrected chi connectivity index (χ2v) is 6.17. The summed E-state index contributed by atoms with van der Waals surface area (Å²) in [7, 11) is 1.38. The zero-order valence-corrected chi connectivity index (χ0v) is 11.3. The van der Waals surface area contributed by atoms with Gasteiger partial charge in [0.2, 0.25) is 0 Å². The summed E-state index contributed by atoms with van der Waals surface area (Å²) < 4.78 is 22.6. The molecule has 0 bridgehead atoms. The van der Waals surface area contributed by atoms with E-state index in [0.29, 0.717) is 5.56 Å². The van der Waals surface area contributed by atoms with E-state index in [9.17, 15) is 8.42 Å². The third kappa shape index (κ3) is 2.67. The average Bonchev–Trinajstić information content (AvgIpc) is 2.15. The summed E-state index contributed by atoms with van der Waals surface area (Å²) in [5.41, 5.74) is 0.601. The molecular formula is C8H5BrClNO2S2. The first-order valence-electron chi connectivity index (χ1n) is 3.67. The molecule has 0 amide bonds. The van der Waals surface area contributed by atoms with E-state index in [1.165, 1.54) is 12.1 Å². The average molecular weight is 327 g/mol. The van der Waals surface area contributed by atoms with Crippen LogP contribution in [0.15, 0.2) is 21.9 Å². The van der Waals surface area contributed by atoms with Crippen LogP contribution >= 0.6 is 39.2 Å². The number of nitriles is 1. The van der Waals surface area contributed by atoms with Crippen LogP contribution in [0.5, 0.6) is 0 Å². The van der Waals surface area contributed by atoms with Crippen molar-refractivity contribution in [3.63, 3.8) is 0 Å². The van der Waals surface area contributed by atoms with Crippen molar-refractivity contribution in [3.8, 4) is 6.07 Å². The van der Waals surface area contributed by atoms with E-state index in [4.69, 9.17) is 15.9 Å². The van der Waals surface area contributed by atoms with Crippen molar-refractivity contribution < 1.29 is 8.42 Å². The van der Waals surface area contributed by atoms with Gasteiger partial charge in [0.25, 0.3) is 9.05 Å². The minimum absolute atomic E-state index is 0.108. The van der Waals surface area contributed by atoms with Crippen LogP contribution < -0.4 is 0 Å². The second-order valence-electron chi connectivity index (χ2n) is 2.62. The predicted molar refractivity (Wildman–Crippen MR) is 64.1 cm³/mol. The van der Waals surface area contributed by atoms with Gasteiger partial charge >= 0.3 is 0 Å². The molecule has 0 atom stereocenters. The first kappa shape index (κ1) is 12.8. The number of hydrogen-bond donors (Lipinski definition) is 1. The monoisotopic (exact) mass is 325 g/mol. The Bertz CT molecular complexity index is 536. The topological polar surface area (TPSA) is 57.9 Å². The lowest BCUT2D eigenvalue weighted by atomic mass is 10.1. The Morgan fingerprint density at radius 1 is 1.53 bits per heavy atom. The largest absolute Gasteiger partial charge is 0.262 e. The van der Waals surface area contributed by atoms with Gasteiger partial charge < -0.3 is 0 Å². The SMILES string of the molecule is N#Cc1ccc(S)c(S(=O)(=O)Cl)c1CBr. The van der Waals surface area contributed by atoms with Gasteiger partial charge in [-0.3, -0.25) is 0 Å². The fourth-order valence-electron chi connectivity index (χ4n) is 1.12. The fourth-order valence-corrected chi connectivity index (χ4v) is 3.95. The molecule has 0 saturated heterocycles. The minimum Gasteiger partial charge on any atom is -0.207 e. The number of thiol groups is 1. The van der Waals surface area contributed by atoms with Crippen molar-refractivity contribution in [2.75, 3.05) is 0 Å². The molecule has 0 aliphatic rings. The molecule has 0 aromatic heterocycles. The fraction of sp³-hybridized carbons (Fsp3) is 0.125. The van der Waals surface area contributed by atoms with Crippen LogP contribution in [0.25, 0.3) is 0 Å². The van der Waals surface area contributed by atoms with E-state index in [0.717, 1.165) is 0 Å². The van der Waals surface area contributed by atoms with Gasteiger partial charge in [0.1, 0.15) is 4.90 Å². The Hall–Kier alpha value is -0.220. The molecule has 3 nitrogen and oxygen atoms in total. The van der Waals surface area contributed by atoms with Crippen molar-refractivity contribution in [2.45, 2.75) is 15.1 Å². The number of alkyl halides is 1. The van der Waals surface area contributed by atoms with E-state index < -0.39 is 9.05 Å². The van der Waals surface area contributed by atoms with Gasteiger partial charge in [0, 0.05) is 26.5 Å². The van der Waals surface area contributed by atoms with Gasteiger partial charge in [-0.2, -0.15) is 5.26 Å². The highest BCUT2D eigenvalue weighted by Gasteiger charge is 2.21. The lowest BCUT2D eigenvalue weighted by molar-refractivity contribution is 0.607. The quantitative estimate of drug-likeness (QED) is 0.516. The summed E-state index contributed by atoms with van der Waals surface area (Å²) in [6, 6.07) is 4.84. The van der Waals surface area contributed by atoms with E-state index in [1.807, 2.05) is 6.07 Å². The van der Waals surface area contributed by atoms with Crippen LogP contribution in [0.3, 0.4) is 0 Å². The van der Waals surface area contributed by atoms with Crippen molar-refractivity contribution >= 4 is 48.3 Å². The maximum Gasteiger partial charge on any atom is 0.262 e. The molecule has 0 radical (unpaired) electrons. The molecule has 80 valence electrons. The Kier molecular flexibility index (Phi) is 4.06. The van der Waals surface area contributed by atoms with Gasteiger partial charge in [0.15, 0.2) is 0 Å². The second kappa shape index (κ2) is 4.74. The van der Waals surface area contributed by atoms with Crippen molar-refractivity contribution in [1.29, 1.82) is 5.26 Å². The molecule has 0 N–H and O–H groups in total. The molecule has 0 aliphatic heterocycles. The summed E-state index contributed by atoms with van der Waals surface area (Å²) in [6.45, 7) is 0. The third-order valence-electron chi connectivity index (χ3n) is 1.74. The first-order chi connectivity index (χ1) is 6.91.